The molecule has 170 valence electrons. The molecule has 0 radical (unpaired) electrons. The van der Waals surface area contributed by atoms with Gasteiger partial charge in [-0.25, -0.2) is 15.0 Å². The third-order valence-corrected chi connectivity index (χ3v) is 6.45. The molecule has 4 aromatic rings. The highest BCUT2D eigenvalue weighted by molar-refractivity contribution is 5.87. The first-order valence-corrected chi connectivity index (χ1v) is 11.4. The van der Waals surface area contributed by atoms with E-state index >= 15 is 0 Å². The molecule has 4 aromatic heterocycles. The molecule has 2 fully saturated rings. The molecule has 1 aliphatic heterocycles. The number of aryl methyl sites for hydroxylation is 3. The average Bonchev–Trinajstić information content (AvgIpc) is 3.36. The molecule has 6 rings (SSSR count). The van der Waals surface area contributed by atoms with Gasteiger partial charge in [-0.15, -0.1) is 0 Å². The van der Waals surface area contributed by atoms with Gasteiger partial charge in [0.15, 0.2) is 5.65 Å². The standard InChI is InChI=1S/C23H27N9O/c1-13-10-31(12-19(33-13)16-9-25-32(11-16)17-5-6-17)23-28-20(18-7-8-24-30(18)4)21-22(29-23)27-15(3)14(2)26-21/h7-9,11,13,17,19H,5-6,10,12H2,1-4H3/t13-,19+/m0/s1. The number of ether oxygens (including phenoxy) is 1. The van der Waals surface area contributed by atoms with Crippen LogP contribution in [0.3, 0.4) is 0 Å². The van der Waals surface area contributed by atoms with Gasteiger partial charge >= 0.3 is 0 Å². The Balaban J connectivity index is 1.41. The molecule has 10 heteroatoms. The summed E-state index contributed by atoms with van der Waals surface area (Å²) < 4.78 is 10.2. The van der Waals surface area contributed by atoms with Gasteiger partial charge < -0.3 is 9.64 Å². The van der Waals surface area contributed by atoms with E-state index in [0.29, 0.717) is 36.2 Å². The Bertz CT molecular complexity index is 1340. The van der Waals surface area contributed by atoms with E-state index in [9.17, 15) is 0 Å². The molecule has 5 heterocycles. The van der Waals surface area contributed by atoms with Crippen LogP contribution in [0.2, 0.25) is 0 Å². The third kappa shape index (κ3) is 3.64. The number of hydrogen-bond acceptors (Lipinski definition) is 8. The lowest BCUT2D eigenvalue weighted by molar-refractivity contribution is -0.0178. The van der Waals surface area contributed by atoms with Gasteiger partial charge in [-0.1, -0.05) is 0 Å². The van der Waals surface area contributed by atoms with E-state index in [4.69, 9.17) is 24.7 Å². The zero-order valence-corrected chi connectivity index (χ0v) is 19.3. The minimum absolute atomic E-state index is 0.0262. The Hall–Kier alpha value is -3.40. The maximum atomic E-state index is 6.29. The van der Waals surface area contributed by atoms with Crippen molar-refractivity contribution in [2.45, 2.75) is 51.9 Å². The molecule has 0 bridgehead atoms. The minimum Gasteiger partial charge on any atom is -0.367 e. The van der Waals surface area contributed by atoms with Gasteiger partial charge in [0.25, 0.3) is 0 Å². The van der Waals surface area contributed by atoms with Gasteiger partial charge in [0.2, 0.25) is 5.95 Å². The van der Waals surface area contributed by atoms with Gasteiger partial charge in [0.1, 0.15) is 17.3 Å². The van der Waals surface area contributed by atoms with E-state index in [0.717, 1.165) is 28.3 Å². The van der Waals surface area contributed by atoms with Crippen LogP contribution in [0.4, 0.5) is 5.95 Å². The molecule has 2 atom stereocenters. The van der Waals surface area contributed by atoms with Crippen molar-refractivity contribution in [3.8, 4) is 11.4 Å². The predicted octanol–water partition coefficient (Wildman–Crippen LogP) is 2.93. The molecule has 0 spiro atoms. The van der Waals surface area contributed by atoms with Crippen LogP contribution in [0, 0.1) is 13.8 Å². The maximum Gasteiger partial charge on any atom is 0.228 e. The first-order chi connectivity index (χ1) is 16.0. The summed E-state index contributed by atoms with van der Waals surface area (Å²) >= 11 is 0. The maximum absolute atomic E-state index is 6.29. The van der Waals surface area contributed by atoms with E-state index in [1.54, 1.807) is 10.9 Å². The lowest BCUT2D eigenvalue weighted by Crippen LogP contribution is -2.43. The SMILES string of the molecule is Cc1nc2nc(N3C[C@H](C)O[C@@H](c4cnn(C5CC5)c4)C3)nc(-c3ccnn3C)c2nc1C. The molecular weight excluding hydrogens is 418 g/mol. The molecule has 33 heavy (non-hydrogen) atoms. The molecule has 0 amide bonds. The molecule has 0 N–H and O–H groups in total. The van der Waals surface area contributed by atoms with Crippen LogP contribution in [0.5, 0.6) is 0 Å². The lowest BCUT2D eigenvalue weighted by Gasteiger charge is -2.36. The van der Waals surface area contributed by atoms with Crippen molar-refractivity contribution in [1.82, 2.24) is 39.5 Å². The minimum atomic E-state index is -0.0912. The molecule has 1 saturated carbocycles. The first kappa shape index (κ1) is 20.2. The molecular formula is C23H27N9O. The van der Waals surface area contributed by atoms with Gasteiger partial charge in [-0.3, -0.25) is 9.36 Å². The highest BCUT2D eigenvalue weighted by Gasteiger charge is 2.31. The normalized spacial score (nSPS) is 21.2. The number of rotatable bonds is 4. The van der Waals surface area contributed by atoms with Crippen LogP contribution in [-0.2, 0) is 11.8 Å². The summed E-state index contributed by atoms with van der Waals surface area (Å²) in [6.45, 7) is 7.34. The fraction of sp³-hybridized carbons (Fsp3) is 0.478. The summed E-state index contributed by atoms with van der Waals surface area (Å²) in [5, 5.41) is 8.88. The van der Waals surface area contributed by atoms with Crippen LogP contribution in [-0.4, -0.2) is 58.7 Å². The second kappa shape index (κ2) is 7.58. The van der Waals surface area contributed by atoms with E-state index in [1.807, 2.05) is 33.2 Å². The second-order valence-corrected chi connectivity index (χ2v) is 9.10. The van der Waals surface area contributed by atoms with Crippen molar-refractivity contribution in [2.75, 3.05) is 18.0 Å². The highest BCUT2D eigenvalue weighted by Crippen LogP contribution is 2.36. The number of morpholine rings is 1. The smallest absolute Gasteiger partial charge is 0.228 e. The molecule has 2 aliphatic rings. The van der Waals surface area contributed by atoms with Crippen molar-refractivity contribution in [1.29, 1.82) is 0 Å². The van der Waals surface area contributed by atoms with Crippen molar-refractivity contribution in [2.24, 2.45) is 7.05 Å². The monoisotopic (exact) mass is 445 g/mol. The number of fused-ring (bicyclic) bond motifs is 1. The molecule has 1 aliphatic carbocycles. The summed E-state index contributed by atoms with van der Waals surface area (Å²) in [7, 11) is 1.90. The van der Waals surface area contributed by atoms with Crippen molar-refractivity contribution in [3.05, 3.63) is 41.6 Å². The van der Waals surface area contributed by atoms with Crippen LogP contribution in [0.25, 0.3) is 22.6 Å². The van der Waals surface area contributed by atoms with E-state index in [2.05, 4.69) is 32.9 Å². The quantitative estimate of drug-likeness (QED) is 0.473. The summed E-state index contributed by atoms with van der Waals surface area (Å²) in [5.41, 5.74) is 5.73. The molecule has 0 unspecified atom stereocenters. The predicted molar refractivity (Wildman–Crippen MR) is 123 cm³/mol. The summed E-state index contributed by atoms with van der Waals surface area (Å²) in [5.74, 6) is 0.631. The zero-order chi connectivity index (χ0) is 22.7. The Labute approximate surface area is 191 Å². The van der Waals surface area contributed by atoms with E-state index in [-0.39, 0.29) is 12.2 Å². The van der Waals surface area contributed by atoms with Crippen LogP contribution in [0.15, 0.2) is 24.7 Å². The fourth-order valence-corrected chi connectivity index (χ4v) is 4.38. The van der Waals surface area contributed by atoms with Crippen molar-refractivity contribution >= 4 is 17.1 Å². The molecule has 10 nitrogen and oxygen atoms in total. The highest BCUT2D eigenvalue weighted by atomic mass is 16.5. The average molecular weight is 446 g/mol. The number of aromatic nitrogens is 8. The van der Waals surface area contributed by atoms with Gasteiger partial charge in [0, 0.05) is 31.5 Å². The van der Waals surface area contributed by atoms with Gasteiger partial charge in [0.05, 0.1) is 42.0 Å². The topological polar surface area (TPSA) is 99.7 Å². The zero-order valence-electron chi connectivity index (χ0n) is 19.3. The van der Waals surface area contributed by atoms with Gasteiger partial charge in [-0.05, 0) is 39.7 Å². The largest absolute Gasteiger partial charge is 0.367 e. The Morgan fingerprint density at radius 3 is 2.58 bits per heavy atom. The van der Waals surface area contributed by atoms with E-state index < -0.39 is 0 Å². The van der Waals surface area contributed by atoms with Crippen LogP contribution in [0.1, 0.15) is 48.9 Å². The number of anilines is 1. The number of nitrogens with zero attached hydrogens (tertiary/aromatic N) is 9. The number of hydrogen-bond donors (Lipinski definition) is 0. The van der Waals surface area contributed by atoms with Crippen molar-refractivity contribution < 1.29 is 4.74 Å². The Morgan fingerprint density at radius 1 is 1.00 bits per heavy atom. The Morgan fingerprint density at radius 2 is 1.82 bits per heavy atom. The second-order valence-electron chi connectivity index (χ2n) is 9.10. The summed E-state index contributed by atoms with van der Waals surface area (Å²) in [6, 6.07) is 2.49. The lowest BCUT2D eigenvalue weighted by atomic mass is 10.1. The van der Waals surface area contributed by atoms with Crippen LogP contribution < -0.4 is 4.90 Å². The van der Waals surface area contributed by atoms with Gasteiger partial charge in [-0.2, -0.15) is 15.2 Å². The fourth-order valence-electron chi connectivity index (χ4n) is 4.38. The summed E-state index contributed by atoms with van der Waals surface area (Å²) in [4.78, 5) is 21.5. The van der Waals surface area contributed by atoms with Crippen LogP contribution >= 0.6 is 0 Å². The Kier molecular flexibility index (Phi) is 4.65. The first-order valence-electron chi connectivity index (χ1n) is 11.4. The molecule has 0 aromatic carbocycles. The molecule has 1 saturated heterocycles. The van der Waals surface area contributed by atoms with Crippen molar-refractivity contribution in [3.63, 3.8) is 0 Å². The summed E-state index contributed by atoms with van der Waals surface area (Å²) in [6.07, 6.45) is 8.16. The van der Waals surface area contributed by atoms with E-state index in [1.165, 1.54) is 12.8 Å². The third-order valence-electron chi connectivity index (χ3n) is 6.45.